The van der Waals surface area contributed by atoms with Crippen molar-refractivity contribution in [3.8, 4) is 0 Å². The van der Waals surface area contributed by atoms with Crippen LogP contribution in [0.25, 0.3) is 0 Å². The van der Waals surface area contributed by atoms with E-state index in [0.717, 1.165) is 51.4 Å². The topological polar surface area (TPSA) is 195 Å². The second kappa shape index (κ2) is 29.2. The first-order valence-electron chi connectivity index (χ1n) is 15.0. The number of rotatable bonds is 26. The van der Waals surface area contributed by atoms with Gasteiger partial charge in [0.25, 0.3) is 0 Å². The molecule has 0 fully saturated rings. The van der Waals surface area contributed by atoms with Gasteiger partial charge in [0.1, 0.15) is 0 Å². The Labute approximate surface area is 286 Å². The summed E-state index contributed by atoms with van der Waals surface area (Å²) in [5, 5.41) is 57.9. The maximum atomic E-state index is 10.7. The van der Waals surface area contributed by atoms with Crippen LogP contribution in [0.3, 0.4) is 0 Å². The van der Waals surface area contributed by atoms with Crippen LogP contribution < -0.4 is 10.2 Å². The Morgan fingerprint density at radius 3 is 1.16 bits per heavy atom. The summed E-state index contributed by atoms with van der Waals surface area (Å²) in [4.78, 5) is 42.6. The maximum absolute atomic E-state index is 10.7. The monoisotopic (exact) mass is 642 g/mol. The third-order valence-corrected chi connectivity index (χ3v) is 6.92. The van der Waals surface area contributed by atoms with Crippen molar-refractivity contribution in [2.45, 2.75) is 104 Å². The molecule has 0 aliphatic heterocycles. The van der Waals surface area contributed by atoms with E-state index in [9.17, 15) is 39.6 Å². The molecule has 0 saturated heterocycles. The van der Waals surface area contributed by atoms with E-state index in [4.69, 9.17) is 10.2 Å². The zero-order chi connectivity index (χ0) is 32.3. The zero-order valence-corrected chi connectivity index (χ0v) is 28.5. The number of allylic oxidation sites excluding steroid dienone is 2. The molecular formula is C30H54CaN2O10+2. The molecule has 0 aliphatic rings. The van der Waals surface area contributed by atoms with Gasteiger partial charge < -0.3 is 40.2 Å². The van der Waals surface area contributed by atoms with Crippen molar-refractivity contribution in [1.82, 2.24) is 0 Å². The van der Waals surface area contributed by atoms with Crippen molar-refractivity contribution in [3.05, 3.63) is 24.6 Å². The molecule has 0 saturated carbocycles. The third-order valence-electron chi connectivity index (χ3n) is 6.92. The summed E-state index contributed by atoms with van der Waals surface area (Å²) in [5.41, 5.74) is 0. The number of carbonyl (C=O) groups is 4. The van der Waals surface area contributed by atoms with Gasteiger partial charge in [-0.1, -0.05) is 52.4 Å². The number of aliphatic hydroxyl groups is 2. The normalized spacial score (nSPS) is 13.9. The van der Waals surface area contributed by atoms with E-state index in [1.165, 1.54) is 12.8 Å². The number of aliphatic hydroxyl groups excluding tert-OH is 2. The minimum absolute atomic E-state index is 0. The number of unbranched alkanes of at least 4 members (excludes halogenated alkanes) is 8. The molecule has 2 atom stereocenters. The van der Waals surface area contributed by atoms with E-state index in [1.54, 1.807) is 12.4 Å². The van der Waals surface area contributed by atoms with E-state index >= 15 is 0 Å². The Morgan fingerprint density at radius 1 is 0.581 bits per heavy atom. The number of hydrogen-bond acceptors (Lipinski definition) is 8. The average Bonchev–Trinajstić information content (AvgIpc) is 2.95. The molecule has 244 valence electrons. The summed E-state index contributed by atoms with van der Waals surface area (Å²) in [7, 11) is 0. The second-order valence-electron chi connectivity index (χ2n) is 10.6. The molecule has 43 heavy (non-hydrogen) atoms. The van der Waals surface area contributed by atoms with Crippen LogP contribution in [0, 0.1) is 0 Å². The number of quaternary nitrogens is 2. The average molecular weight is 643 g/mol. The molecule has 0 amide bonds. The van der Waals surface area contributed by atoms with Gasteiger partial charge >= 0.3 is 49.7 Å². The predicted octanol–water partition coefficient (Wildman–Crippen LogP) is 1.32. The van der Waals surface area contributed by atoms with Crippen molar-refractivity contribution in [3.63, 3.8) is 0 Å². The van der Waals surface area contributed by atoms with E-state index in [2.05, 4.69) is 13.8 Å². The number of carbonyl (C=O) groups excluding carboxylic acids is 2. The molecule has 2 unspecified atom stereocenters. The summed E-state index contributed by atoms with van der Waals surface area (Å²) in [6, 6.07) is 0. The maximum Gasteiger partial charge on any atom is 2.00 e. The minimum Gasteiger partial charge on any atom is -0.550 e. The Morgan fingerprint density at radius 2 is 0.907 bits per heavy atom. The van der Waals surface area contributed by atoms with E-state index < -0.39 is 23.9 Å². The van der Waals surface area contributed by atoms with Crippen LogP contribution in [-0.2, 0) is 19.2 Å². The Kier molecular flexibility index (Phi) is 31.1. The van der Waals surface area contributed by atoms with E-state index in [1.807, 2.05) is 12.2 Å². The second-order valence-corrected chi connectivity index (χ2v) is 10.6. The first-order valence-corrected chi connectivity index (χ1v) is 15.0. The fourth-order valence-corrected chi connectivity index (χ4v) is 4.14. The van der Waals surface area contributed by atoms with Gasteiger partial charge in [-0.15, -0.1) is 0 Å². The van der Waals surface area contributed by atoms with Crippen LogP contribution in [0.5, 0.6) is 0 Å². The predicted molar refractivity (Wildman–Crippen MR) is 159 cm³/mol. The summed E-state index contributed by atoms with van der Waals surface area (Å²) >= 11 is 0. The number of carboxylic acids is 4. The minimum atomic E-state index is -1.20. The van der Waals surface area contributed by atoms with Gasteiger partial charge in [-0.05, 0) is 37.8 Å². The Bertz CT molecular complexity index is 719. The largest absolute Gasteiger partial charge is 2.00 e. The van der Waals surface area contributed by atoms with Gasteiger partial charge in [0.05, 0.1) is 51.4 Å². The van der Waals surface area contributed by atoms with Crippen LogP contribution in [0.2, 0.25) is 0 Å². The number of hydrogen-bond donors (Lipinski definition) is 4. The molecule has 0 aromatic carbocycles. The van der Waals surface area contributed by atoms with Gasteiger partial charge in [-0.2, -0.15) is 0 Å². The molecule has 4 N–H and O–H groups in total. The van der Waals surface area contributed by atoms with Crippen LogP contribution >= 0.6 is 0 Å². The van der Waals surface area contributed by atoms with Crippen molar-refractivity contribution in [2.75, 3.05) is 39.6 Å². The first kappa shape index (κ1) is 45.9. The molecule has 0 bridgehead atoms. The van der Waals surface area contributed by atoms with Crippen LogP contribution in [-0.4, -0.2) is 131 Å². The number of aliphatic carboxylic acids is 4. The quantitative estimate of drug-likeness (QED) is 0.0462. The number of nitrogens with zero attached hydrogens (tertiary/aromatic N) is 2. The van der Waals surface area contributed by atoms with Crippen LogP contribution in [0.15, 0.2) is 24.6 Å². The van der Waals surface area contributed by atoms with Gasteiger partial charge in [0.2, 0.25) is 0 Å². The smallest absolute Gasteiger partial charge is 0.550 e. The molecule has 13 heteroatoms. The molecule has 0 spiro atoms. The first-order chi connectivity index (χ1) is 19.9. The summed E-state index contributed by atoms with van der Waals surface area (Å²) < 4.78 is -0.0951. The van der Waals surface area contributed by atoms with E-state index in [-0.39, 0.29) is 112 Å². The van der Waals surface area contributed by atoms with Crippen molar-refractivity contribution in [2.24, 2.45) is 0 Å². The molecular weight excluding hydrogens is 588 g/mol. The molecule has 12 nitrogen and oxygen atoms in total. The SMILES string of the molecule is CCCCCC/C=C/[N+](CO)(CCC(=O)[O-])CCC(=O)O.CCCCCC/C=C/[N+](CO)(CCC(=O)[O-])CCC(=O)O.[Ca+2]. The Balaban J connectivity index is -0.000000727. The summed E-state index contributed by atoms with van der Waals surface area (Å²) in [5.74, 6) is -4.32. The molecule has 0 rings (SSSR count). The fraction of sp³-hybridized carbons (Fsp3) is 0.733. The van der Waals surface area contributed by atoms with Gasteiger partial charge in [0, 0.05) is 24.8 Å². The van der Waals surface area contributed by atoms with Crippen LogP contribution in [0.1, 0.15) is 104 Å². The third kappa shape index (κ3) is 27.7. The van der Waals surface area contributed by atoms with Crippen molar-refractivity contribution in [1.29, 1.82) is 0 Å². The van der Waals surface area contributed by atoms with Gasteiger partial charge in [0.15, 0.2) is 13.5 Å². The molecule has 0 aromatic heterocycles. The summed E-state index contributed by atoms with van der Waals surface area (Å²) in [6.07, 6.45) is 17.3. The molecule has 0 radical (unpaired) electrons. The van der Waals surface area contributed by atoms with Crippen molar-refractivity contribution >= 4 is 61.6 Å². The Hall–Kier alpha value is -1.54. The molecule has 0 heterocycles. The standard InChI is InChI=1S/2C15H27NO5.Ca/c2*1-2-3-4-5-6-7-10-16(13-17,11-8-14(18)19)12-9-15(20)21;/h2*7,10,17H,2-6,8-9,11-13H2,1H3,(H-,18,19,20,21);/q;;+2/b2*10-7+;. The van der Waals surface area contributed by atoms with Crippen LogP contribution in [0.4, 0.5) is 0 Å². The fourth-order valence-electron chi connectivity index (χ4n) is 4.14. The summed E-state index contributed by atoms with van der Waals surface area (Å²) in [6.45, 7) is 4.26. The van der Waals surface area contributed by atoms with E-state index in [0.29, 0.717) is 0 Å². The van der Waals surface area contributed by atoms with Gasteiger partial charge in [-0.3, -0.25) is 18.6 Å². The van der Waals surface area contributed by atoms with Gasteiger partial charge in [-0.25, -0.2) is 0 Å². The zero-order valence-electron chi connectivity index (χ0n) is 26.3. The number of carboxylic acid groups (broad SMARTS) is 4. The molecule has 0 aliphatic carbocycles. The van der Waals surface area contributed by atoms with Crippen molar-refractivity contribution < 1.29 is 58.8 Å². The molecule has 0 aromatic rings.